The van der Waals surface area contributed by atoms with Crippen LogP contribution < -0.4 is 0 Å². The summed E-state index contributed by atoms with van der Waals surface area (Å²) >= 11 is 0. The van der Waals surface area contributed by atoms with Crippen molar-refractivity contribution in [1.29, 1.82) is 0 Å². The normalized spacial score (nSPS) is 25.2. The van der Waals surface area contributed by atoms with Crippen molar-refractivity contribution in [2.24, 2.45) is 0 Å². The molecule has 1 aliphatic carbocycles. The minimum absolute atomic E-state index is 0.0112. The monoisotopic (exact) mass is 457 g/mol. The molecule has 1 N–H and O–H groups in total. The first-order chi connectivity index (χ1) is 16.4. The van der Waals surface area contributed by atoms with Crippen LogP contribution in [0.3, 0.4) is 0 Å². The number of carbonyl (C=O) groups is 1. The van der Waals surface area contributed by atoms with Crippen molar-refractivity contribution in [3.8, 4) is 11.1 Å². The van der Waals surface area contributed by atoms with E-state index in [2.05, 4.69) is 24.3 Å². The molecular formula is C29H28FNO3. The Bertz CT molecular complexity index is 1210. The Morgan fingerprint density at radius 2 is 1.59 bits per heavy atom. The molecule has 6 rings (SSSR count). The molecule has 5 heteroatoms. The molecule has 2 bridgehead atoms. The molecule has 3 aromatic rings. The number of piperidine rings is 1. The standard InChI is InChI=1S/C29H28FNO3/c1-18-10-13-27(30)26(14-18)29(33)15-19-11-12-20(16-29)31(19)28(32)34-17-25-23-8-4-2-6-21(23)22-7-3-5-9-24(22)25/h2-10,13-14,19-20,25,33H,11-12,15-17H2,1H3. The van der Waals surface area contributed by atoms with E-state index >= 15 is 0 Å². The van der Waals surface area contributed by atoms with Crippen LogP contribution >= 0.6 is 0 Å². The van der Waals surface area contributed by atoms with Gasteiger partial charge < -0.3 is 14.7 Å². The predicted molar refractivity (Wildman–Crippen MR) is 128 cm³/mol. The van der Waals surface area contributed by atoms with Crippen LogP contribution in [0.5, 0.6) is 0 Å². The number of aryl methyl sites for hydroxylation is 1. The van der Waals surface area contributed by atoms with Gasteiger partial charge >= 0.3 is 6.09 Å². The van der Waals surface area contributed by atoms with Crippen molar-refractivity contribution in [2.75, 3.05) is 6.61 Å². The lowest BCUT2D eigenvalue weighted by molar-refractivity contribution is -0.0551. The minimum atomic E-state index is -1.26. The molecule has 0 saturated carbocycles. The molecule has 0 aromatic heterocycles. The smallest absolute Gasteiger partial charge is 0.410 e. The number of amides is 1. The lowest BCUT2D eigenvalue weighted by Crippen LogP contribution is -2.52. The van der Waals surface area contributed by atoms with Gasteiger partial charge in [0.2, 0.25) is 0 Å². The molecule has 1 amide bonds. The summed E-state index contributed by atoms with van der Waals surface area (Å²) in [5.74, 6) is -0.376. The van der Waals surface area contributed by atoms with Crippen LogP contribution in [0.4, 0.5) is 9.18 Å². The number of hydrogen-bond donors (Lipinski definition) is 1. The molecule has 34 heavy (non-hydrogen) atoms. The highest BCUT2D eigenvalue weighted by molar-refractivity contribution is 5.79. The van der Waals surface area contributed by atoms with E-state index in [1.807, 2.05) is 31.2 Å². The highest BCUT2D eigenvalue weighted by Crippen LogP contribution is 2.48. The van der Waals surface area contributed by atoms with Gasteiger partial charge in [0.25, 0.3) is 0 Å². The maximum Gasteiger partial charge on any atom is 0.410 e. The Balaban J connectivity index is 1.20. The largest absolute Gasteiger partial charge is 0.448 e. The molecule has 2 saturated heterocycles. The SMILES string of the molecule is Cc1ccc(F)c(C2(O)CC3CCC(C2)N3C(=O)OCC2c3ccccc3-c3ccccc32)c1. The van der Waals surface area contributed by atoms with Crippen LogP contribution in [0.15, 0.2) is 66.7 Å². The fraction of sp³-hybridized carbons (Fsp3) is 0.345. The fourth-order valence-electron chi connectivity index (χ4n) is 6.41. The number of aliphatic hydroxyl groups is 1. The zero-order chi connectivity index (χ0) is 23.4. The van der Waals surface area contributed by atoms with Crippen molar-refractivity contribution in [3.63, 3.8) is 0 Å². The summed E-state index contributed by atoms with van der Waals surface area (Å²) in [6.45, 7) is 2.17. The van der Waals surface area contributed by atoms with Gasteiger partial charge in [0.15, 0.2) is 0 Å². The summed E-state index contributed by atoms with van der Waals surface area (Å²) in [7, 11) is 0. The van der Waals surface area contributed by atoms with Gasteiger partial charge in [-0.1, -0.05) is 66.2 Å². The molecule has 4 nitrogen and oxygen atoms in total. The first-order valence-electron chi connectivity index (χ1n) is 12.1. The summed E-state index contributed by atoms with van der Waals surface area (Å²) in [6, 6.07) is 21.1. The molecule has 2 heterocycles. The maximum atomic E-state index is 14.6. The van der Waals surface area contributed by atoms with Gasteiger partial charge in [0, 0.05) is 36.4 Å². The van der Waals surface area contributed by atoms with Crippen molar-refractivity contribution in [1.82, 2.24) is 4.90 Å². The molecule has 0 radical (unpaired) electrons. The lowest BCUT2D eigenvalue weighted by atomic mass is 9.80. The van der Waals surface area contributed by atoms with Crippen LogP contribution in [-0.4, -0.2) is 34.8 Å². The highest BCUT2D eigenvalue weighted by atomic mass is 19.1. The third-order valence-electron chi connectivity index (χ3n) is 7.94. The van der Waals surface area contributed by atoms with Gasteiger partial charge in [-0.15, -0.1) is 0 Å². The quantitative estimate of drug-likeness (QED) is 0.533. The zero-order valence-electron chi connectivity index (χ0n) is 19.2. The van der Waals surface area contributed by atoms with Crippen molar-refractivity contribution in [2.45, 2.75) is 56.2 Å². The first-order valence-corrected chi connectivity index (χ1v) is 12.1. The second kappa shape index (κ2) is 7.95. The number of ether oxygens (including phenoxy) is 1. The average molecular weight is 458 g/mol. The van der Waals surface area contributed by atoms with E-state index in [-0.39, 0.29) is 36.5 Å². The van der Waals surface area contributed by atoms with E-state index in [0.29, 0.717) is 18.4 Å². The molecular weight excluding hydrogens is 429 g/mol. The number of benzene rings is 3. The van der Waals surface area contributed by atoms with Crippen molar-refractivity contribution in [3.05, 3.63) is 94.8 Å². The summed E-state index contributed by atoms with van der Waals surface area (Å²) < 4.78 is 20.5. The summed E-state index contributed by atoms with van der Waals surface area (Å²) in [5, 5.41) is 11.4. The molecule has 174 valence electrons. The van der Waals surface area contributed by atoms with Crippen molar-refractivity contribution < 1.29 is 19.0 Å². The number of rotatable bonds is 3. The third-order valence-corrected chi connectivity index (χ3v) is 7.94. The molecule has 2 fully saturated rings. The van der Waals surface area contributed by atoms with E-state index in [9.17, 15) is 14.3 Å². The Kier molecular flexibility index (Phi) is 4.99. The first kappa shape index (κ1) is 21.4. The summed E-state index contributed by atoms with van der Waals surface area (Å²) in [5.41, 5.74) is 4.75. The third kappa shape index (κ3) is 3.33. The van der Waals surface area contributed by atoms with E-state index in [1.54, 1.807) is 17.0 Å². The predicted octanol–water partition coefficient (Wildman–Crippen LogP) is 5.90. The van der Waals surface area contributed by atoms with Crippen LogP contribution in [0.2, 0.25) is 0 Å². The zero-order valence-corrected chi connectivity index (χ0v) is 19.2. The van der Waals surface area contributed by atoms with Gasteiger partial charge in [-0.25, -0.2) is 9.18 Å². The minimum Gasteiger partial charge on any atom is -0.448 e. The second-order valence-electron chi connectivity index (χ2n) is 10.0. The number of nitrogens with zero attached hydrogens (tertiary/aromatic N) is 1. The Hall–Kier alpha value is -3.18. The number of halogens is 1. The average Bonchev–Trinajstić information content (AvgIpc) is 3.31. The Labute approximate surface area is 199 Å². The van der Waals surface area contributed by atoms with Gasteiger partial charge in [-0.3, -0.25) is 0 Å². The van der Waals surface area contributed by atoms with Crippen LogP contribution in [0, 0.1) is 12.7 Å². The van der Waals surface area contributed by atoms with E-state index < -0.39 is 5.60 Å². The number of hydrogen-bond acceptors (Lipinski definition) is 3. The molecule has 2 aliphatic heterocycles. The highest BCUT2D eigenvalue weighted by Gasteiger charge is 2.51. The van der Waals surface area contributed by atoms with E-state index in [1.165, 1.54) is 28.3 Å². The van der Waals surface area contributed by atoms with Gasteiger partial charge in [0.05, 0.1) is 5.60 Å². The van der Waals surface area contributed by atoms with E-state index in [0.717, 1.165) is 18.4 Å². The van der Waals surface area contributed by atoms with Crippen LogP contribution in [0.25, 0.3) is 11.1 Å². The number of fused-ring (bicyclic) bond motifs is 5. The topological polar surface area (TPSA) is 49.8 Å². The Morgan fingerprint density at radius 3 is 2.21 bits per heavy atom. The van der Waals surface area contributed by atoms with Gasteiger partial charge in [-0.2, -0.15) is 0 Å². The van der Waals surface area contributed by atoms with E-state index in [4.69, 9.17) is 4.74 Å². The fourth-order valence-corrected chi connectivity index (χ4v) is 6.41. The molecule has 3 aromatic carbocycles. The van der Waals surface area contributed by atoms with Crippen LogP contribution in [-0.2, 0) is 10.3 Å². The second-order valence-corrected chi connectivity index (χ2v) is 10.0. The molecule has 2 unspecified atom stereocenters. The summed E-state index contributed by atoms with van der Waals surface area (Å²) in [4.78, 5) is 15.1. The molecule has 3 aliphatic rings. The van der Waals surface area contributed by atoms with Gasteiger partial charge in [0.1, 0.15) is 12.4 Å². The Morgan fingerprint density at radius 1 is 1.00 bits per heavy atom. The van der Waals surface area contributed by atoms with Crippen LogP contribution in [0.1, 0.15) is 53.9 Å². The summed E-state index contributed by atoms with van der Waals surface area (Å²) in [6.07, 6.45) is 1.92. The number of carbonyl (C=O) groups excluding carboxylic acids is 1. The van der Waals surface area contributed by atoms with Gasteiger partial charge in [-0.05, 0) is 48.1 Å². The lowest BCUT2D eigenvalue weighted by Gasteiger charge is -2.43. The molecule has 2 atom stereocenters. The van der Waals surface area contributed by atoms with Crippen molar-refractivity contribution >= 4 is 6.09 Å². The maximum absolute atomic E-state index is 14.6. The molecule has 0 spiro atoms.